The molecule has 0 heterocycles. The molecular weight excluding hydrogens is 220 g/mol. The van der Waals surface area contributed by atoms with E-state index in [2.05, 4.69) is 4.74 Å². The molecule has 0 aliphatic rings. The zero-order valence-electron chi connectivity index (χ0n) is 7.01. The van der Waals surface area contributed by atoms with Gasteiger partial charge in [0.15, 0.2) is 11.6 Å². The molecule has 0 unspecified atom stereocenters. The molecule has 0 aliphatic heterocycles. The Bertz CT molecular complexity index is 392. The molecule has 1 aromatic carbocycles. The van der Waals surface area contributed by atoms with Crippen molar-refractivity contribution in [2.75, 3.05) is 0 Å². The summed E-state index contributed by atoms with van der Waals surface area (Å²) in [5, 5.41) is 8.48. The lowest BCUT2D eigenvalue weighted by Crippen LogP contribution is -2.09. The molecule has 0 radical (unpaired) electrons. The third-order valence-corrected chi connectivity index (χ3v) is 1.47. The fraction of sp³-hybridized carbons (Fsp3) is 0.125. The van der Waals surface area contributed by atoms with Crippen LogP contribution in [0.25, 0.3) is 0 Å². The lowest BCUT2D eigenvalue weighted by atomic mass is 10.2. The molecule has 0 aliphatic carbocycles. The third kappa shape index (κ3) is 2.58. The number of carbonyl (C=O) groups is 1. The fourth-order valence-corrected chi connectivity index (χ4v) is 0.889. The number of hydrogen-bond donors (Lipinski definition) is 1. The summed E-state index contributed by atoms with van der Waals surface area (Å²) in [4.78, 5) is 10.5. The van der Waals surface area contributed by atoms with Crippen LogP contribution in [0.5, 0.6) is 5.75 Å². The SMILES string of the molecule is O=C(O)c1cc(F)c(F)cc1OC(F)F. The van der Waals surface area contributed by atoms with E-state index in [1.165, 1.54) is 0 Å². The average Bonchev–Trinajstić information content (AvgIpc) is 2.09. The Kier molecular flexibility index (Phi) is 3.13. The van der Waals surface area contributed by atoms with E-state index in [-0.39, 0.29) is 12.1 Å². The third-order valence-electron chi connectivity index (χ3n) is 1.47. The van der Waals surface area contributed by atoms with Crippen LogP contribution in [0.2, 0.25) is 0 Å². The van der Waals surface area contributed by atoms with E-state index in [4.69, 9.17) is 5.11 Å². The number of rotatable bonds is 3. The molecule has 0 spiro atoms. The van der Waals surface area contributed by atoms with Crippen LogP contribution in [0.1, 0.15) is 10.4 Å². The summed E-state index contributed by atoms with van der Waals surface area (Å²) >= 11 is 0. The maximum Gasteiger partial charge on any atom is 0.387 e. The summed E-state index contributed by atoms with van der Waals surface area (Å²) in [5.41, 5.74) is -0.866. The Hall–Kier alpha value is -1.79. The summed E-state index contributed by atoms with van der Waals surface area (Å²) in [6.07, 6.45) is 0. The molecule has 0 saturated heterocycles. The Labute approximate surface area is 80.9 Å². The maximum absolute atomic E-state index is 12.6. The van der Waals surface area contributed by atoms with E-state index >= 15 is 0 Å². The Morgan fingerprint density at radius 1 is 1.27 bits per heavy atom. The van der Waals surface area contributed by atoms with Gasteiger partial charge in [0, 0.05) is 6.07 Å². The van der Waals surface area contributed by atoms with E-state index < -0.39 is 35.5 Å². The molecule has 82 valence electrons. The number of hydrogen-bond acceptors (Lipinski definition) is 2. The van der Waals surface area contributed by atoms with Crippen LogP contribution in [0.15, 0.2) is 12.1 Å². The molecule has 1 rings (SSSR count). The first kappa shape index (κ1) is 11.3. The van der Waals surface area contributed by atoms with Gasteiger partial charge in [0.05, 0.1) is 0 Å². The van der Waals surface area contributed by atoms with Crippen molar-refractivity contribution in [3.05, 3.63) is 29.3 Å². The van der Waals surface area contributed by atoms with E-state index in [1.54, 1.807) is 0 Å². The highest BCUT2D eigenvalue weighted by molar-refractivity contribution is 5.90. The van der Waals surface area contributed by atoms with E-state index in [9.17, 15) is 22.4 Å². The Morgan fingerprint density at radius 2 is 1.80 bits per heavy atom. The molecule has 3 nitrogen and oxygen atoms in total. The molecule has 0 saturated carbocycles. The first-order chi connectivity index (χ1) is 6.91. The van der Waals surface area contributed by atoms with Crippen LogP contribution in [0.3, 0.4) is 0 Å². The molecule has 0 aromatic heterocycles. The van der Waals surface area contributed by atoms with E-state index in [0.717, 1.165) is 0 Å². The largest absolute Gasteiger partial charge is 0.478 e. The van der Waals surface area contributed by atoms with Gasteiger partial charge in [-0.3, -0.25) is 0 Å². The van der Waals surface area contributed by atoms with Crippen molar-refractivity contribution in [3.8, 4) is 5.75 Å². The number of carboxylic acid groups (broad SMARTS) is 1. The van der Waals surface area contributed by atoms with Crippen molar-refractivity contribution in [2.45, 2.75) is 6.61 Å². The van der Waals surface area contributed by atoms with Gasteiger partial charge in [0.25, 0.3) is 0 Å². The summed E-state index contributed by atoms with van der Waals surface area (Å²) in [5.74, 6) is -5.52. The van der Waals surface area contributed by atoms with Gasteiger partial charge in [-0.05, 0) is 6.07 Å². The first-order valence-electron chi connectivity index (χ1n) is 3.59. The number of ether oxygens (including phenoxy) is 1. The van der Waals surface area contributed by atoms with Crippen molar-refractivity contribution in [1.29, 1.82) is 0 Å². The molecule has 0 fully saturated rings. The van der Waals surface area contributed by atoms with Gasteiger partial charge in [-0.15, -0.1) is 0 Å². The van der Waals surface area contributed by atoms with Crippen molar-refractivity contribution in [3.63, 3.8) is 0 Å². The van der Waals surface area contributed by atoms with E-state index in [0.29, 0.717) is 0 Å². The lowest BCUT2D eigenvalue weighted by Gasteiger charge is -2.07. The highest BCUT2D eigenvalue weighted by atomic mass is 19.3. The monoisotopic (exact) mass is 224 g/mol. The standard InChI is InChI=1S/C8H4F4O3/c9-4-1-3(7(13)14)6(2-5(4)10)15-8(11)12/h1-2,8H,(H,13,14). The van der Waals surface area contributed by atoms with Gasteiger partial charge in [-0.1, -0.05) is 0 Å². The van der Waals surface area contributed by atoms with Crippen molar-refractivity contribution >= 4 is 5.97 Å². The van der Waals surface area contributed by atoms with Crippen molar-refractivity contribution in [2.24, 2.45) is 0 Å². The van der Waals surface area contributed by atoms with Gasteiger partial charge in [-0.2, -0.15) is 8.78 Å². The van der Waals surface area contributed by atoms with Crippen molar-refractivity contribution < 1.29 is 32.2 Å². The predicted octanol–water partition coefficient (Wildman–Crippen LogP) is 2.26. The Morgan fingerprint density at radius 3 is 2.27 bits per heavy atom. The Balaban J connectivity index is 3.22. The van der Waals surface area contributed by atoms with Crippen LogP contribution in [-0.2, 0) is 0 Å². The normalized spacial score (nSPS) is 10.5. The van der Waals surface area contributed by atoms with Gasteiger partial charge in [-0.25, -0.2) is 13.6 Å². The molecule has 7 heteroatoms. The minimum atomic E-state index is -3.31. The maximum atomic E-state index is 12.6. The fourth-order valence-electron chi connectivity index (χ4n) is 0.889. The second-order valence-electron chi connectivity index (χ2n) is 2.45. The van der Waals surface area contributed by atoms with Crippen molar-refractivity contribution in [1.82, 2.24) is 0 Å². The van der Waals surface area contributed by atoms with Crippen LogP contribution >= 0.6 is 0 Å². The van der Waals surface area contributed by atoms with Crippen LogP contribution in [-0.4, -0.2) is 17.7 Å². The van der Waals surface area contributed by atoms with Crippen LogP contribution in [0.4, 0.5) is 17.6 Å². The zero-order valence-corrected chi connectivity index (χ0v) is 7.01. The summed E-state index contributed by atoms with van der Waals surface area (Å²) in [7, 11) is 0. The number of benzene rings is 1. The van der Waals surface area contributed by atoms with Crippen LogP contribution in [0, 0.1) is 11.6 Å². The van der Waals surface area contributed by atoms with Crippen LogP contribution < -0.4 is 4.74 Å². The summed E-state index contributed by atoms with van der Waals surface area (Å²) in [6, 6.07) is 0.528. The summed E-state index contributed by atoms with van der Waals surface area (Å²) in [6.45, 7) is -3.31. The average molecular weight is 224 g/mol. The number of carboxylic acids is 1. The second-order valence-corrected chi connectivity index (χ2v) is 2.45. The zero-order chi connectivity index (χ0) is 11.6. The minimum Gasteiger partial charge on any atom is -0.478 e. The molecule has 15 heavy (non-hydrogen) atoms. The number of aromatic carboxylic acids is 1. The molecule has 0 amide bonds. The van der Waals surface area contributed by atoms with Gasteiger partial charge in [0.2, 0.25) is 0 Å². The highest BCUT2D eigenvalue weighted by Gasteiger charge is 2.18. The second kappa shape index (κ2) is 4.16. The predicted molar refractivity (Wildman–Crippen MR) is 39.9 cm³/mol. The quantitative estimate of drug-likeness (QED) is 0.801. The smallest absolute Gasteiger partial charge is 0.387 e. The number of halogens is 4. The molecular formula is C8H4F4O3. The molecule has 0 bridgehead atoms. The molecule has 0 atom stereocenters. The topological polar surface area (TPSA) is 46.5 Å². The highest BCUT2D eigenvalue weighted by Crippen LogP contribution is 2.24. The molecule has 1 aromatic rings. The number of alkyl halides is 2. The van der Waals surface area contributed by atoms with Gasteiger partial charge >= 0.3 is 12.6 Å². The first-order valence-corrected chi connectivity index (χ1v) is 3.59. The molecule has 1 N–H and O–H groups in total. The lowest BCUT2D eigenvalue weighted by molar-refractivity contribution is -0.0505. The summed E-state index contributed by atoms with van der Waals surface area (Å²) < 4.78 is 52.4. The minimum absolute atomic E-state index is 0.255. The van der Waals surface area contributed by atoms with E-state index in [1.807, 2.05) is 0 Å². The van der Waals surface area contributed by atoms with Gasteiger partial charge < -0.3 is 9.84 Å². The van der Waals surface area contributed by atoms with Gasteiger partial charge in [0.1, 0.15) is 11.3 Å².